The van der Waals surface area contributed by atoms with Crippen molar-refractivity contribution < 1.29 is 17.9 Å². The number of rotatable bonds is 3. The lowest BCUT2D eigenvalue weighted by atomic mass is 10.1. The van der Waals surface area contributed by atoms with Crippen LogP contribution in [0.1, 0.15) is 11.1 Å². The second-order valence-electron chi connectivity index (χ2n) is 8.07. The molecule has 0 radical (unpaired) electrons. The molecule has 3 aromatic carbocycles. The van der Waals surface area contributed by atoms with Crippen LogP contribution >= 0.6 is 0 Å². The van der Waals surface area contributed by atoms with Gasteiger partial charge in [-0.05, 0) is 43.3 Å². The highest BCUT2D eigenvalue weighted by Gasteiger charge is 2.31. The molecule has 1 saturated heterocycles. The highest BCUT2D eigenvalue weighted by molar-refractivity contribution is 7.89. The van der Waals surface area contributed by atoms with Gasteiger partial charge >= 0.3 is 0 Å². The SMILES string of the molecule is COc1cccc(S(=O)(=O)N2CCN(C3=Nc4ccccc4Oc4ccc(C)cc43)CC2)c1. The number of aliphatic imine (C=N–C) groups is 1. The third kappa shape index (κ3) is 4.07. The molecule has 2 heterocycles. The van der Waals surface area contributed by atoms with E-state index in [9.17, 15) is 8.42 Å². The van der Waals surface area contributed by atoms with Crippen LogP contribution in [0.25, 0.3) is 0 Å². The van der Waals surface area contributed by atoms with Gasteiger partial charge in [-0.15, -0.1) is 0 Å². The Morgan fingerprint density at radius 2 is 1.70 bits per heavy atom. The summed E-state index contributed by atoms with van der Waals surface area (Å²) in [6, 6.07) is 20.3. The molecule has 5 rings (SSSR count). The molecule has 33 heavy (non-hydrogen) atoms. The van der Waals surface area contributed by atoms with E-state index in [1.54, 1.807) is 24.3 Å². The van der Waals surface area contributed by atoms with Crippen molar-refractivity contribution in [2.24, 2.45) is 4.99 Å². The van der Waals surface area contributed by atoms with Gasteiger partial charge in [0.05, 0.1) is 17.6 Å². The number of methoxy groups -OCH3 is 1. The number of amidine groups is 1. The summed E-state index contributed by atoms with van der Waals surface area (Å²) in [5.74, 6) is 2.78. The first kappa shape index (κ1) is 21.5. The van der Waals surface area contributed by atoms with Crippen LogP contribution in [-0.2, 0) is 10.0 Å². The Balaban J connectivity index is 1.44. The number of para-hydroxylation sites is 2. The van der Waals surface area contributed by atoms with Crippen molar-refractivity contribution in [3.05, 3.63) is 77.9 Å². The van der Waals surface area contributed by atoms with E-state index < -0.39 is 10.0 Å². The molecule has 1 fully saturated rings. The molecule has 0 saturated carbocycles. The summed E-state index contributed by atoms with van der Waals surface area (Å²) < 4.78 is 39.3. The second kappa shape index (κ2) is 8.53. The number of piperazine rings is 1. The molecule has 0 spiro atoms. The van der Waals surface area contributed by atoms with E-state index in [4.69, 9.17) is 14.5 Å². The molecule has 170 valence electrons. The fourth-order valence-electron chi connectivity index (χ4n) is 4.13. The van der Waals surface area contributed by atoms with Gasteiger partial charge in [0, 0.05) is 32.2 Å². The number of sulfonamides is 1. The van der Waals surface area contributed by atoms with Crippen LogP contribution in [0.5, 0.6) is 17.2 Å². The number of hydrogen-bond donors (Lipinski definition) is 0. The number of nitrogens with zero attached hydrogens (tertiary/aromatic N) is 3. The van der Waals surface area contributed by atoms with Gasteiger partial charge in [0.15, 0.2) is 5.75 Å². The van der Waals surface area contributed by atoms with Crippen molar-refractivity contribution in [1.29, 1.82) is 0 Å². The van der Waals surface area contributed by atoms with Crippen LogP contribution in [0.2, 0.25) is 0 Å². The van der Waals surface area contributed by atoms with Crippen LogP contribution in [-0.4, -0.2) is 56.7 Å². The molecule has 0 amide bonds. The largest absolute Gasteiger partial charge is 0.497 e. The van der Waals surface area contributed by atoms with Gasteiger partial charge in [0.2, 0.25) is 10.0 Å². The van der Waals surface area contributed by atoms with E-state index in [0.717, 1.165) is 28.4 Å². The number of aryl methyl sites for hydroxylation is 1. The van der Waals surface area contributed by atoms with E-state index in [1.165, 1.54) is 11.4 Å². The Kier molecular flexibility index (Phi) is 5.55. The summed E-state index contributed by atoms with van der Waals surface area (Å²) in [5, 5.41) is 0. The van der Waals surface area contributed by atoms with Crippen molar-refractivity contribution in [2.75, 3.05) is 33.3 Å². The van der Waals surface area contributed by atoms with Gasteiger partial charge in [-0.3, -0.25) is 0 Å². The van der Waals surface area contributed by atoms with E-state index in [0.29, 0.717) is 37.7 Å². The molecule has 2 aliphatic rings. The predicted molar refractivity (Wildman–Crippen MR) is 127 cm³/mol. The van der Waals surface area contributed by atoms with Crippen molar-refractivity contribution in [1.82, 2.24) is 9.21 Å². The van der Waals surface area contributed by atoms with E-state index in [-0.39, 0.29) is 4.90 Å². The van der Waals surface area contributed by atoms with Gasteiger partial charge in [-0.2, -0.15) is 4.31 Å². The first-order chi connectivity index (χ1) is 16.0. The Morgan fingerprint density at radius 1 is 0.909 bits per heavy atom. The molecule has 7 nitrogen and oxygen atoms in total. The molecule has 0 N–H and O–H groups in total. The minimum atomic E-state index is -3.61. The normalized spacial score (nSPS) is 16.2. The summed E-state index contributed by atoms with van der Waals surface area (Å²) in [6.07, 6.45) is 0. The molecule has 2 aliphatic heterocycles. The summed E-state index contributed by atoms with van der Waals surface area (Å²) in [4.78, 5) is 7.33. The van der Waals surface area contributed by atoms with Gasteiger partial charge in [-0.25, -0.2) is 13.4 Å². The van der Waals surface area contributed by atoms with Crippen molar-refractivity contribution in [3.63, 3.8) is 0 Å². The molecular weight excluding hydrogens is 438 g/mol. The smallest absolute Gasteiger partial charge is 0.243 e. The third-order valence-electron chi connectivity index (χ3n) is 5.90. The first-order valence-corrected chi connectivity index (χ1v) is 12.3. The monoisotopic (exact) mass is 463 g/mol. The van der Waals surface area contributed by atoms with Crippen LogP contribution in [0.15, 0.2) is 76.6 Å². The minimum Gasteiger partial charge on any atom is -0.497 e. The maximum absolute atomic E-state index is 13.2. The van der Waals surface area contributed by atoms with E-state index in [1.807, 2.05) is 43.3 Å². The molecule has 0 unspecified atom stereocenters. The zero-order valence-corrected chi connectivity index (χ0v) is 19.4. The zero-order valence-electron chi connectivity index (χ0n) is 18.6. The van der Waals surface area contributed by atoms with Crippen molar-refractivity contribution in [2.45, 2.75) is 11.8 Å². The Bertz CT molecular complexity index is 1330. The lowest BCUT2D eigenvalue weighted by Crippen LogP contribution is -2.50. The molecule has 0 bridgehead atoms. The molecular formula is C25H25N3O4S. The first-order valence-electron chi connectivity index (χ1n) is 10.8. The van der Waals surface area contributed by atoms with E-state index in [2.05, 4.69) is 11.0 Å². The van der Waals surface area contributed by atoms with Crippen LogP contribution in [0.4, 0.5) is 5.69 Å². The highest BCUT2D eigenvalue weighted by Crippen LogP contribution is 2.38. The summed E-state index contributed by atoms with van der Waals surface area (Å²) >= 11 is 0. The highest BCUT2D eigenvalue weighted by atomic mass is 32.2. The maximum atomic E-state index is 13.2. The molecule has 8 heteroatoms. The number of ether oxygens (including phenoxy) is 2. The molecule has 3 aromatic rings. The standard InChI is InChI=1S/C25H25N3O4S/c1-18-10-11-23-21(16-18)25(26-22-8-3-4-9-24(22)32-23)27-12-14-28(15-13-27)33(29,30)20-7-5-6-19(17-20)31-2/h3-11,16-17H,12-15H2,1-2H3. The van der Waals surface area contributed by atoms with Crippen molar-refractivity contribution >= 4 is 21.5 Å². The molecule has 0 aliphatic carbocycles. The quantitative estimate of drug-likeness (QED) is 0.582. The topological polar surface area (TPSA) is 71.4 Å². The molecule has 0 aromatic heterocycles. The lowest BCUT2D eigenvalue weighted by Gasteiger charge is -2.36. The predicted octanol–water partition coefficient (Wildman–Crippen LogP) is 4.19. The third-order valence-corrected chi connectivity index (χ3v) is 7.80. The van der Waals surface area contributed by atoms with Gasteiger partial charge < -0.3 is 14.4 Å². The second-order valence-corrected chi connectivity index (χ2v) is 10.0. The fourth-order valence-corrected chi connectivity index (χ4v) is 5.59. The average Bonchev–Trinajstić information content (AvgIpc) is 3.00. The zero-order chi connectivity index (χ0) is 23.0. The fraction of sp³-hybridized carbons (Fsp3) is 0.240. The van der Waals surface area contributed by atoms with Gasteiger partial charge in [0.1, 0.15) is 23.0 Å². The number of fused-ring (bicyclic) bond motifs is 2. The Labute approximate surface area is 193 Å². The number of benzene rings is 3. The summed E-state index contributed by atoms with van der Waals surface area (Å²) in [5.41, 5.74) is 2.78. The van der Waals surface area contributed by atoms with Gasteiger partial charge in [-0.1, -0.05) is 29.8 Å². The Hall–Kier alpha value is -3.36. The van der Waals surface area contributed by atoms with Crippen LogP contribution in [0.3, 0.4) is 0 Å². The summed E-state index contributed by atoms with van der Waals surface area (Å²) in [6.45, 7) is 3.81. The van der Waals surface area contributed by atoms with Crippen molar-refractivity contribution in [3.8, 4) is 17.2 Å². The van der Waals surface area contributed by atoms with Crippen LogP contribution < -0.4 is 9.47 Å². The molecule has 0 atom stereocenters. The lowest BCUT2D eigenvalue weighted by molar-refractivity contribution is 0.266. The minimum absolute atomic E-state index is 0.241. The average molecular weight is 464 g/mol. The Morgan fingerprint density at radius 3 is 2.48 bits per heavy atom. The number of hydrogen-bond acceptors (Lipinski definition) is 6. The summed E-state index contributed by atoms with van der Waals surface area (Å²) in [7, 11) is -2.08. The van der Waals surface area contributed by atoms with Gasteiger partial charge in [0.25, 0.3) is 0 Å². The van der Waals surface area contributed by atoms with E-state index >= 15 is 0 Å². The van der Waals surface area contributed by atoms with Crippen LogP contribution in [0, 0.1) is 6.92 Å². The maximum Gasteiger partial charge on any atom is 0.243 e.